The van der Waals surface area contributed by atoms with Crippen LogP contribution in [0.25, 0.3) is 0 Å². The van der Waals surface area contributed by atoms with Gasteiger partial charge in [0, 0.05) is 18.9 Å². The molecule has 11 nitrogen and oxygen atoms in total. The maximum atomic E-state index is 13.3. The van der Waals surface area contributed by atoms with Crippen LogP contribution in [-0.2, 0) is 14.4 Å². The van der Waals surface area contributed by atoms with Crippen LogP contribution in [0.15, 0.2) is 12.4 Å². The first-order valence-electron chi connectivity index (χ1n) is 10.2. The van der Waals surface area contributed by atoms with Crippen molar-refractivity contribution in [3.8, 4) is 5.88 Å². The van der Waals surface area contributed by atoms with E-state index in [4.69, 9.17) is 4.74 Å². The van der Waals surface area contributed by atoms with E-state index in [9.17, 15) is 19.6 Å². The highest BCUT2D eigenvalue weighted by molar-refractivity contribution is 5.97. The van der Waals surface area contributed by atoms with Crippen molar-refractivity contribution in [3.05, 3.63) is 12.4 Å². The van der Waals surface area contributed by atoms with Crippen molar-refractivity contribution in [2.45, 2.75) is 44.6 Å². The molecule has 0 aromatic carbocycles. The average Bonchev–Trinajstić information content (AvgIpc) is 3.45. The number of anilines is 1. The van der Waals surface area contributed by atoms with Gasteiger partial charge in [0.25, 0.3) is 5.88 Å². The molecule has 0 unspecified atom stereocenters. The van der Waals surface area contributed by atoms with Gasteiger partial charge in [-0.05, 0) is 18.8 Å². The Labute approximate surface area is 174 Å². The summed E-state index contributed by atoms with van der Waals surface area (Å²) in [6.45, 7) is 0.345. The number of carbonyl (C=O) groups excluding carboxylic acids is 3. The number of hydrogen-bond acceptors (Lipinski definition) is 8. The summed E-state index contributed by atoms with van der Waals surface area (Å²) in [7, 11) is 1.42. The summed E-state index contributed by atoms with van der Waals surface area (Å²) in [5.74, 6) is -0.604. The second-order valence-electron chi connectivity index (χ2n) is 7.63. The Morgan fingerprint density at radius 2 is 2.10 bits per heavy atom. The molecule has 0 spiro atoms. The molecule has 1 aromatic heterocycles. The van der Waals surface area contributed by atoms with Gasteiger partial charge >= 0.3 is 0 Å². The number of aromatic nitrogens is 2. The molecule has 1 aliphatic carbocycles. The molecule has 0 radical (unpaired) electrons. The second kappa shape index (κ2) is 10.3. The summed E-state index contributed by atoms with van der Waals surface area (Å²) in [4.78, 5) is 45.1. The van der Waals surface area contributed by atoms with Crippen LogP contribution in [0.3, 0.4) is 0 Å². The molecule has 1 aliphatic heterocycles. The van der Waals surface area contributed by atoms with Crippen molar-refractivity contribution in [1.29, 1.82) is 0 Å². The van der Waals surface area contributed by atoms with Crippen LogP contribution in [0, 0.1) is 11.8 Å². The number of amides is 3. The van der Waals surface area contributed by atoms with Gasteiger partial charge in [0.1, 0.15) is 6.04 Å². The molecule has 2 aliphatic rings. The fourth-order valence-corrected chi connectivity index (χ4v) is 4.17. The molecule has 1 saturated carbocycles. The Bertz CT molecular complexity index is 757. The quantitative estimate of drug-likeness (QED) is 0.300. The Morgan fingerprint density at radius 1 is 1.37 bits per heavy atom. The van der Waals surface area contributed by atoms with Gasteiger partial charge in [-0.25, -0.2) is 20.5 Å². The molecule has 1 saturated heterocycles. The fraction of sp³-hybridized carbons (Fsp3) is 0.632. The lowest BCUT2D eigenvalue weighted by Crippen LogP contribution is -2.51. The van der Waals surface area contributed by atoms with Crippen molar-refractivity contribution >= 4 is 24.0 Å². The molecule has 2 heterocycles. The van der Waals surface area contributed by atoms with Crippen LogP contribution in [0.4, 0.5) is 5.82 Å². The van der Waals surface area contributed by atoms with Gasteiger partial charge in [0.15, 0.2) is 5.82 Å². The Balaban J connectivity index is 1.71. The minimum Gasteiger partial charge on any atom is -0.478 e. The van der Waals surface area contributed by atoms with Crippen molar-refractivity contribution in [2.75, 3.05) is 25.5 Å². The van der Waals surface area contributed by atoms with Gasteiger partial charge in [-0.15, -0.1) is 0 Å². The van der Waals surface area contributed by atoms with Crippen molar-refractivity contribution in [1.82, 2.24) is 25.5 Å². The molecule has 2 fully saturated rings. The number of nitrogens with one attached hydrogen (secondary N) is 2. The summed E-state index contributed by atoms with van der Waals surface area (Å²) < 4.78 is 5.10. The topological polar surface area (TPSA) is 137 Å². The SMILES string of the molecule is COc1nccnc1NC(=O)[C@@H]1CCNN1C(=O)[C@H](CC1CCCC1)CN(O)C=O. The zero-order valence-corrected chi connectivity index (χ0v) is 17.0. The van der Waals surface area contributed by atoms with E-state index >= 15 is 0 Å². The van der Waals surface area contributed by atoms with Crippen molar-refractivity contribution in [3.63, 3.8) is 0 Å². The Kier molecular flexibility index (Phi) is 7.52. The van der Waals surface area contributed by atoms with E-state index in [1.807, 2.05) is 0 Å². The zero-order chi connectivity index (χ0) is 21.5. The van der Waals surface area contributed by atoms with E-state index in [1.54, 1.807) is 0 Å². The normalized spacial score (nSPS) is 20.1. The van der Waals surface area contributed by atoms with Crippen LogP contribution in [-0.4, -0.2) is 69.7 Å². The van der Waals surface area contributed by atoms with Gasteiger partial charge in [0.2, 0.25) is 18.2 Å². The highest BCUT2D eigenvalue weighted by Gasteiger charge is 2.39. The summed E-state index contributed by atoms with van der Waals surface area (Å²) in [6.07, 6.45) is 8.45. The van der Waals surface area contributed by atoms with E-state index in [0.717, 1.165) is 25.7 Å². The molecule has 3 amide bonds. The molecule has 1 aromatic rings. The first-order chi connectivity index (χ1) is 14.5. The third-order valence-electron chi connectivity index (χ3n) is 5.62. The molecule has 3 N–H and O–H groups in total. The van der Waals surface area contributed by atoms with E-state index in [0.29, 0.717) is 30.4 Å². The number of nitrogens with zero attached hydrogens (tertiary/aromatic N) is 4. The number of hydroxylamine groups is 2. The summed E-state index contributed by atoms with van der Waals surface area (Å²) >= 11 is 0. The van der Waals surface area contributed by atoms with Crippen LogP contribution in [0.5, 0.6) is 5.88 Å². The minimum absolute atomic E-state index is 0.108. The zero-order valence-electron chi connectivity index (χ0n) is 17.0. The predicted molar refractivity (Wildman–Crippen MR) is 105 cm³/mol. The van der Waals surface area contributed by atoms with E-state index < -0.39 is 17.9 Å². The molecule has 30 heavy (non-hydrogen) atoms. The standard InChI is InChI=1S/C19H28N6O5/c1-30-18-16(20-8-9-21-18)23-17(27)15-6-7-22-25(15)19(28)14(11-24(29)12-26)10-13-4-2-3-5-13/h8-9,12-15,22,29H,2-7,10-11H2,1H3,(H,20,23,27)/t14-,15+/m1/s1. The monoisotopic (exact) mass is 420 g/mol. The van der Waals surface area contributed by atoms with Crippen LogP contribution in [0.2, 0.25) is 0 Å². The highest BCUT2D eigenvalue weighted by Crippen LogP contribution is 2.31. The van der Waals surface area contributed by atoms with Gasteiger partial charge in [-0.3, -0.25) is 24.6 Å². The van der Waals surface area contributed by atoms with Crippen molar-refractivity contribution in [2.24, 2.45) is 11.8 Å². The number of carbonyl (C=O) groups is 3. The van der Waals surface area contributed by atoms with Gasteiger partial charge in [-0.2, -0.15) is 0 Å². The maximum Gasteiger partial charge on any atom is 0.257 e. The highest BCUT2D eigenvalue weighted by atomic mass is 16.5. The van der Waals surface area contributed by atoms with Crippen molar-refractivity contribution < 1.29 is 24.3 Å². The largest absolute Gasteiger partial charge is 0.478 e. The summed E-state index contributed by atoms with van der Waals surface area (Å²) in [6, 6.07) is -0.751. The van der Waals surface area contributed by atoms with Crippen LogP contribution < -0.4 is 15.5 Å². The molecular formula is C19H28N6O5. The third-order valence-corrected chi connectivity index (χ3v) is 5.62. The number of methoxy groups -OCH3 is 1. The smallest absolute Gasteiger partial charge is 0.257 e. The summed E-state index contributed by atoms with van der Waals surface area (Å²) in [5.41, 5.74) is 2.97. The third kappa shape index (κ3) is 5.22. The van der Waals surface area contributed by atoms with Gasteiger partial charge in [0.05, 0.1) is 19.6 Å². The molecule has 0 bridgehead atoms. The molecule has 164 valence electrons. The lowest BCUT2D eigenvalue weighted by atomic mass is 9.92. The predicted octanol–water partition coefficient (Wildman–Crippen LogP) is 0.573. The Hall–Kier alpha value is -2.79. The molecule has 2 atom stereocenters. The lowest BCUT2D eigenvalue weighted by Gasteiger charge is -2.29. The fourth-order valence-electron chi connectivity index (χ4n) is 4.17. The maximum absolute atomic E-state index is 13.3. The number of hydrogen-bond donors (Lipinski definition) is 3. The molecular weight excluding hydrogens is 392 g/mol. The van der Waals surface area contributed by atoms with Gasteiger partial charge in [-0.1, -0.05) is 25.7 Å². The summed E-state index contributed by atoms with van der Waals surface area (Å²) in [5, 5.41) is 14.2. The Morgan fingerprint density at radius 3 is 2.80 bits per heavy atom. The first kappa shape index (κ1) is 21.9. The first-order valence-corrected chi connectivity index (χ1v) is 10.2. The minimum atomic E-state index is -0.751. The van der Waals surface area contributed by atoms with Gasteiger partial charge < -0.3 is 10.1 Å². The lowest BCUT2D eigenvalue weighted by molar-refractivity contribution is -0.159. The molecule has 3 rings (SSSR count). The van der Waals surface area contributed by atoms with E-state index in [1.165, 1.54) is 24.5 Å². The van der Waals surface area contributed by atoms with E-state index in [-0.39, 0.29) is 30.6 Å². The second-order valence-corrected chi connectivity index (χ2v) is 7.63. The van der Waals surface area contributed by atoms with E-state index in [2.05, 4.69) is 20.7 Å². The number of hydrazine groups is 1. The molecule has 11 heteroatoms. The number of rotatable bonds is 9. The number of ether oxygens (including phenoxy) is 1. The van der Waals surface area contributed by atoms with Crippen LogP contribution in [0.1, 0.15) is 38.5 Å². The van der Waals surface area contributed by atoms with Crippen LogP contribution >= 0.6 is 0 Å². The average molecular weight is 420 g/mol.